The third-order valence-corrected chi connectivity index (χ3v) is 3.35. The summed E-state index contributed by atoms with van der Waals surface area (Å²) < 4.78 is 2.11. The van der Waals surface area contributed by atoms with E-state index in [0.717, 1.165) is 31.4 Å². The molecule has 1 unspecified atom stereocenters. The maximum Gasteiger partial charge on any atom is 0.347 e. The minimum absolute atomic E-state index is 0.596. The Bertz CT molecular complexity index is 357. The number of rotatable bonds is 6. The van der Waals surface area contributed by atoms with Gasteiger partial charge >= 0.3 is 5.96 Å². The van der Waals surface area contributed by atoms with E-state index in [4.69, 9.17) is 4.99 Å². The molecule has 0 radical (unpaired) electrons. The van der Waals surface area contributed by atoms with Crippen LogP contribution in [0.3, 0.4) is 0 Å². The summed E-state index contributed by atoms with van der Waals surface area (Å²) in [6.45, 7) is 4.15. The zero-order valence-corrected chi connectivity index (χ0v) is 16.1. The lowest BCUT2D eigenvalue weighted by molar-refractivity contribution is -0.472. The minimum atomic E-state index is 0.596. The second-order valence-corrected chi connectivity index (χ2v) is 6.72. The molecule has 0 aromatic carbocycles. The Hall–Kier alpha value is -1.46. The van der Waals surface area contributed by atoms with Crippen molar-refractivity contribution < 1.29 is 4.58 Å². The van der Waals surface area contributed by atoms with Gasteiger partial charge in [-0.15, -0.1) is 0 Å². The van der Waals surface area contributed by atoms with Crippen molar-refractivity contribution in [1.29, 1.82) is 0 Å². The second-order valence-electron chi connectivity index (χ2n) is 6.72. The van der Waals surface area contributed by atoms with Crippen LogP contribution in [-0.4, -0.2) is 101 Å². The van der Waals surface area contributed by atoms with Crippen molar-refractivity contribution in [2.24, 2.45) is 10.9 Å². The molecule has 22 heavy (non-hydrogen) atoms. The molecule has 0 saturated heterocycles. The lowest BCUT2D eigenvalue weighted by Gasteiger charge is -2.23. The maximum atomic E-state index is 4.72. The molecule has 0 aliphatic carbocycles. The molecule has 0 aromatic rings. The summed E-state index contributed by atoms with van der Waals surface area (Å²) in [6.07, 6.45) is 2.33. The highest BCUT2D eigenvalue weighted by Gasteiger charge is 2.11. The van der Waals surface area contributed by atoms with Crippen LogP contribution in [-0.2, 0) is 0 Å². The summed E-state index contributed by atoms with van der Waals surface area (Å²) in [5.41, 5.74) is 0. The Morgan fingerprint density at radius 3 is 1.95 bits per heavy atom. The first kappa shape index (κ1) is 20.5. The van der Waals surface area contributed by atoms with E-state index in [9.17, 15) is 0 Å². The summed E-state index contributed by atoms with van der Waals surface area (Å²) in [5, 5.41) is 3.49. The van der Waals surface area contributed by atoms with Gasteiger partial charge in [-0.25, -0.2) is 0 Å². The van der Waals surface area contributed by atoms with Gasteiger partial charge in [-0.2, -0.15) is 0 Å². The fourth-order valence-corrected chi connectivity index (χ4v) is 2.38. The average Bonchev–Trinajstić information content (AvgIpc) is 2.36. The molecule has 6 heteroatoms. The fraction of sp³-hybridized carbons (Fsp3) is 0.875. The summed E-state index contributed by atoms with van der Waals surface area (Å²) in [7, 11) is 16.4. The quantitative estimate of drug-likeness (QED) is 0.338. The van der Waals surface area contributed by atoms with Crippen LogP contribution in [0.15, 0.2) is 4.99 Å². The molecule has 1 atom stereocenters. The molecule has 0 aliphatic heterocycles. The second kappa shape index (κ2) is 10.3. The first-order valence-corrected chi connectivity index (χ1v) is 8.01. The molecule has 1 N–H and O–H groups in total. The largest absolute Gasteiger partial charge is 0.349 e. The molecule has 0 heterocycles. The van der Waals surface area contributed by atoms with Crippen molar-refractivity contribution in [3.05, 3.63) is 0 Å². The predicted octanol–water partition coefficient (Wildman–Crippen LogP) is 0.661. The molecular weight excluding hydrogens is 276 g/mol. The van der Waals surface area contributed by atoms with Gasteiger partial charge in [0, 0.05) is 34.7 Å². The molecule has 0 spiro atoms. The number of guanidine groups is 2. The van der Waals surface area contributed by atoms with Crippen molar-refractivity contribution in [2.45, 2.75) is 19.8 Å². The molecular formula is C16H37N6+. The Kier molecular flexibility index (Phi) is 9.61. The van der Waals surface area contributed by atoms with Crippen LogP contribution in [0.25, 0.3) is 0 Å². The topological polar surface area (TPSA) is 37.1 Å². The molecule has 0 amide bonds. The van der Waals surface area contributed by atoms with E-state index in [-0.39, 0.29) is 0 Å². The van der Waals surface area contributed by atoms with E-state index >= 15 is 0 Å². The highest BCUT2D eigenvalue weighted by molar-refractivity contribution is 5.79. The number of hydrogen-bond donors (Lipinski definition) is 1. The molecule has 0 fully saturated rings. The van der Waals surface area contributed by atoms with E-state index in [2.05, 4.69) is 59.7 Å². The van der Waals surface area contributed by atoms with Gasteiger partial charge in [-0.3, -0.25) is 19.8 Å². The Labute approximate surface area is 137 Å². The molecule has 0 bridgehead atoms. The predicted molar refractivity (Wildman–Crippen MR) is 96.9 cm³/mol. The van der Waals surface area contributed by atoms with Gasteiger partial charge in [0.05, 0.1) is 34.7 Å². The van der Waals surface area contributed by atoms with Crippen molar-refractivity contribution in [2.75, 3.05) is 69.5 Å². The molecule has 6 nitrogen and oxygen atoms in total. The van der Waals surface area contributed by atoms with Crippen molar-refractivity contribution in [3.63, 3.8) is 0 Å². The first-order valence-electron chi connectivity index (χ1n) is 8.01. The Balaban J connectivity index is 4.18. The number of nitrogens with one attached hydrogen (secondary N) is 1. The third-order valence-electron chi connectivity index (χ3n) is 3.35. The van der Waals surface area contributed by atoms with Gasteiger partial charge in [0.1, 0.15) is 0 Å². The molecule has 0 aliphatic rings. The monoisotopic (exact) mass is 313 g/mol. The third kappa shape index (κ3) is 8.10. The first-order chi connectivity index (χ1) is 10.2. The average molecular weight is 314 g/mol. The van der Waals surface area contributed by atoms with Crippen LogP contribution >= 0.6 is 0 Å². The number of hydrogen-bond acceptors (Lipinski definition) is 1. The van der Waals surface area contributed by atoms with Gasteiger partial charge in [-0.05, 0) is 18.8 Å². The zero-order valence-electron chi connectivity index (χ0n) is 16.1. The van der Waals surface area contributed by atoms with Gasteiger partial charge in [0.2, 0.25) is 0 Å². The highest BCUT2D eigenvalue weighted by atomic mass is 15.3. The smallest absolute Gasteiger partial charge is 0.347 e. The fourth-order valence-electron chi connectivity index (χ4n) is 2.38. The lowest BCUT2D eigenvalue weighted by atomic mass is 10.1. The molecule has 0 aromatic heterocycles. The van der Waals surface area contributed by atoms with E-state index < -0.39 is 0 Å². The summed E-state index contributed by atoms with van der Waals surface area (Å²) in [5.74, 6) is 2.77. The van der Waals surface area contributed by atoms with Gasteiger partial charge in [0.25, 0.3) is 0 Å². The SMILES string of the molecule is CC(CCCNC(N(C)C)=[N+](C)C)CN=C(N(C)C)N(C)C. The van der Waals surface area contributed by atoms with Crippen LogP contribution in [0.5, 0.6) is 0 Å². The Morgan fingerprint density at radius 2 is 1.55 bits per heavy atom. The van der Waals surface area contributed by atoms with Crippen molar-refractivity contribution >= 4 is 11.9 Å². The maximum absolute atomic E-state index is 4.72. The van der Waals surface area contributed by atoms with Crippen molar-refractivity contribution in [3.8, 4) is 0 Å². The standard InChI is InChI=1S/C16H36N6/c1-14(13-18-16(21(6)7)22(8)9)11-10-12-17-15(19(2)3)20(4)5/h14H,10-13H2,1-9H3/p+1. The van der Waals surface area contributed by atoms with Gasteiger partial charge in [0.15, 0.2) is 5.96 Å². The molecule has 0 rings (SSSR count). The van der Waals surface area contributed by atoms with E-state index in [1.807, 2.05) is 28.2 Å². The van der Waals surface area contributed by atoms with Crippen LogP contribution in [0.2, 0.25) is 0 Å². The summed E-state index contributed by atoms with van der Waals surface area (Å²) >= 11 is 0. The van der Waals surface area contributed by atoms with Crippen LogP contribution in [0.1, 0.15) is 19.8 Å². The van der Waals surface area contributed by atoms with E-state index in [1.54, 1.807) is 0 Å². The van der Waals surface area contributed by atoms with E-state index in [1.165, 1.54) is 6.42 Å². The summed E-state index contributed by atoms with van der Waals surface area (Å²) in [6, 6.07) is 0. The molecule has 0 saturated carbocycles. The number of aliphatic imine (C=N–C) groups is 1. The minimum Gasteiger partial charge on any atom is -0.349 e. The van der Waals surface area contributed by atoms with Crippen LogP contribution in [0, 0.1) is 5.92 Å². The van der Waals surface area contributed by atoms with Gasteiger partial charge in [-0.1, -0.05) is 6.92 Å². The van der Waals surface area contributed by atoms with Gasteiger partial charge < -0.3 is 9.80 Å². The van der Waals surface area contributed by atoms with Crippen molar-refractivity contribution in [1.82, 2.24) is 20.0 Å². The van der Waals surface area contributed by atoms with Crippen LogP contribution < -0.4 is 5.32 Å². The highest BCUT2D eigenvalue weighted by Crippen LogP contribution is 2.06. The Morgan fingerprint density at radius 1 is 1.00 bits per heavy atom. The van der Waals surface area contributed by atoms with E-state index in [0.29, 0.717) is 5.92 Å². The normalized spacial score (nSPS) is 11.5. The number of nitrogens with zero attached hydrogens (tertiary/aromatic N) is 5. The van der Waals surface area contributed by atoms with Crippen LogP contribution in [0.4, 0.5) is 0 Å². The lowest BCUT2D eigenvalue weighted by Crippen LogP contribution is -2.42. The zero-order chi connectivity index (χ0) is 17.3. The summed E-state index contributed by atoms with van der Waals surface area (Å²) in [4.78, 5) is 10.9. The molecule has 130 valence electrons.